The Balaban J connectivity index is 0. The minimum Gasteiger partial charge on any atom is -0.473 e. The van der Waals surface area contributed by atoms with E-state index in [2.05, 4.69) is 39.8 Å². The Kier molecular flexibility index (Phi) is 17.8. The van der Waals surface area contributed by atoms with Gasteiger partial charge in [-0.05, 0) is 0 Å². The zero-order valence-corrected chi connectivity index (χ0v) is 18.1. The third-order valence-corrected chi connectivity index (χ3v) is 10.3. The van der Waals surface area contributed by atoms with Crippen molar-refractivity contribution in [1.29, 1.82) is 0 Å². The number of carboxylic acids is 2. The molecule has 0 aliphatic rings. The monoisotopic (exact) mass is 379 g/mol. The molecule has 0 rings (SSSR count). The molecule has 0 atom stereocenters. The summed E-state index contributed by atoms with van der Waals surface area (Å²) >= 11 is 0. The number of hydrogen-bond donors (Lipinski definition) is 2. The number of hydrogen-bond acceptors (Lipinski definition) is 3. The second-order valence-electron chi connectivity index (χ2n) is 7.33. The van der Waals surface area contributed by atoms with Crippen LogP contribution in [0.4, 0.5) is 0 Å². The van der Waals surface area contributed by atoms with Crippen molar-refractivity contribution in [1.82, 2.24) is 4.90 Å². The van der Waals surface area contributed by atoms with E-state index >= 15 is 0 Å². The standard InChI is InChI=1S/C17H40NP.C2H2O4/c1-6-9-14-19(15-10-7-2,16-11-8-3)17-12-13-18(4)5;3-1(4)2(5)6/h19H,6-17H2,1-5H3;(H,3,4)(H,5,6). The van der Waals surface area contributed by atoms with Crippen LogP contribution < -0.4 is 0 Å². The van der Waals surface area contributed by atoms with Gasteiger partial charge in [-0.15, -0.1) is 0 Å². The van der Waals surface area contributed by atoms with E-state index in [0.29, 0.717) is 0 Å². The van der Waals surface area contributed by atoms with Crippen LogP contribution in [0.5, 0.6) is 0 Å². The fourth-order valence-electron chi connectivity index (χ4n) is 3.18. The maximum atomic E-state index is 9.10. The summed E-state index contributed by atoms with van der Waals surface area (Å²) in [4.78, 5) is 20.6. The molecule has 0 aromatic heterocycles. The van der Waals surface area contributed by atoms with Crippen molar-refractivity contribution in [3.05, 3.63) is 0 Å². The van der Waals surface area contributed by atoms with Crippen molar-refractivity contribution in [2.24, 2.45) is 0 Å². The van der Waals surface area contributed by atoms with Crippen LogP contribution in [0.25, 0.3) is 0 Å². The number of rotatable bonds is 13. The van der Waals surface area contributed by atoms with Crippen molar-refractivity contribution < 1.29 is 19.8 Å². The maximum absolute atomic E-state index is 9.10. The van der Waals surface area contributed by atoms with Crippen molar-refractivity contribution in [3.8, 4) is 0 Å². The van der Waals surface area contributed by atoms with Gasteiger partial charge in [0.2, 0.25) is 0 Å². The fourth-order valence-corrected chi connectivity index (χ4v) is 8.89. The second kappa shape index (κ2) is 16.8. The zero-order chi connectivity index (χ0) is 19.7. The van der Waals surface area contributed by atoms with Gasteiger partial charge in [0.1, 0.15) is 0 Å². The van der Waals surface area contributed by atoms with Crippen molar-refractivity contribution >= 4 is 19.2 Å². The average molecular weight is 380 g/mol. The van der Waals surface area contributed by atoms with Gasteiger partial charge in [0.15, 0.2) is 0 Å². The molecular weight excluding hydrogens is 337 g/mol. The molecule has 0 saturated heterocycles. The van der Waals surface area contributed by atoms with E-state index in [1.807, 2.05) is 0 Å². The first-order valence-corrected chi connectivity index (χ1v) is 12.7. The van der Waals surface area contributed by atoms with Gasteiger partial charge in [0, 0.05) is 0 Å². The smallest absolute Gasteiger partial charge is 0.414 e. The van der Waals surface area contributed by atoms with E-state index in [-0.39, 0.29) is 0 Å². The van der Waals surface area contributed by atoms with Gasteiger partial charge in [0.05, 0.1) is 0 Å². The Bertz CT molecular complexity index is 315. The predicted octanol–water partition coefficient (Wildman–Crippen LogP) is 4.24. The van der Waals surface area contributed by atoms with E-state index in [9.17, 15) is 0 Å². The Hall–Kier alpha value is -0.670. The molecular formula is C19H42NO4P. The van der Waals surface area contributed by atoms with Crippen LogP contribution in [0.3, 0.4) is 0 Å². The Morgan fingerprint density at radius 1 is 0.720 bits per heavy atom. The molecule has 5 nitrogen and oxygen atoms in total. The average Bonchev–Trinajstić information content (AvgIpc) is 2.56. The first kappa shape index (κ1) is 26.6. The quantitative estimate of drug-likeness (QED) is 0.370. The van der Waals surface area contributed by atoms with E-state index in [1.54, 1.807) is 24.6 Å². The maximum Gasteiger partial charge on any atom is 0.414 e. The van der Waals surface area contributed by atoms with Crippen molar-refractivity contribution in [2.75, 3.05) is 45.3 Å². The van der Waals surface area contributed by atoms with E-state index in [4.69, 9.17) is 19.8 Å². The van der Waals surface area contributed by atoms with Gasteiger partial charge in [-0.1, -0.05) is 0 Å². The summed E-state index contributed by atoms with van der Waals surface area (Å²) in [5.74, 6) is -3.65. The summed E-state index contributed by atoms with van der Waals surface area (Å²) in [7, 11) is 3.48. The fraction of sp³-hybridized carbons (Fsp3) is 0.895. The minimum absolute atomic E-state index is 0.952. The Morgan fingerprint density at radius 2 is 1.04 bits per heavy atom. The molecule has 0 spiro atoms. The van der Waals surface area contributed by atoms with Crippen LogP contribution in [-0.2, 0) is 9.59 Å². The molecule has 0 heterocycles. The van der Waals surface area contributed by atoms with E-state index < -0.39 is 19.2 Å². The number of carbonyl (C=O) groups is 2. The zero-order valence-electron chi connectivity index (χ0n) is 17.1. The molecule has 2 N–H and O–H groups in total. The summed E-state index contributed by atoms with van der Waals surface area (Å²) in [6.45, 7) is 8.37. The molecule has 0 aromatic carbocycles. The first-order valence-electron chi connectivity index (χ1n) is 9.85. The Morgan fingerprint density at radius 3 is 1.28 bits per heavy atom. The summed E-state index contributed by atoms with van der Waals surface area (Å²) < 4.78 is 0. The van der Waals surface area contributed by atoms with Crippen LogP contribution in [0.1, 0.15) is 65.7 Å². The molecule has 0 amide bonds. The van der Waals surface area contributed by atoms with E-state index in [0.717, 1.165) is 0 Å². The largest absolute Gasteiger partial charge is 0.473 e. The summed E-state index contributed by atoms with van der Waals surface area (Å²) in [5, 5.41) is 14.8. The second-order valence-corrected chi connectivity index (χ2v) is 12.3. The van der Waals surface area contributed by atoms with E-state index in [1.165, 1.54) is 51.5 Å². The molecule has 25 heavy (non-hydrogen) atoms. The third-order valence-electron chi connectivity index (χ3n) is 4.68. The molecule has 0 saturated carbocycles. The molecule has 152 valence electrons. The van der Waals surface area contributed by atoms with Gasteiger partial charge >= 0.3 is 135 Å². The van der Waals surface area contributed by atoms with Gasteiger partial charge < -0.3 is 10.2 Å². The van der Waals surface area contributed by atoms with Gasteiger partial charge in [-0.2, -0.15) is 0 Å². The molecule has 0 aliphatic carbocycles. The van der Waals surface area contributed by atoms with Crippen LogP contribution in [0, 0.1) is 0 Å². The van der Waals surface area contributed by atoms with Crippen LogP contribution in [0.2, 0.25) is 0 Å². The van der Waals surface area contributed by atoms with Crippen LogP contribution in [-0.4, -0.2) is 72.3 Å². The normalized spacial score (nSPS) is 11.8. The molecule has 0 radical (unpaired) electrons. The third kappa shape index (κ3) is 16.5. The van der Waals surface area contributed by atoms with Crippen LogP contribution in [0.15, 0.2) is 0 Å². The van der Waals surface area contributed by atoms with Crippen molar-refractivity contribution in [2.45, 2.75) is 65.7 Å². The summed E-state index contributed by atoms with van der Waals surface area (Å²) in [6.07, 6.45) is 16.5. The first-order chi connectivity index (χ1) is 11.7. The van der Waals surface area contributed by atoms with Crippen LogP contribution >= 0.6 is 7.26 Å². The predicted molar refractivity (Wildman–Crippen MR) is 111 cm³/mol. The Labute approximate surface area is 155 Å². The van der Waals surface area contributed by atoms with Gasteiger partial charge in [-0.25, -0.2) is 9.59 Å². The molecule has 0 aliphatic heterocycles. The topological polar surface area (TPSA) is 77.8 Å². The van der Waals surface area contributed by atoms with Gasteiger partial charge in [-0.3, -0.25) is 0 Å². The van der Waals surface area contributed by atoms with Gasteiger partial charge in [0.25, 0.3) is 0 Å². The summed E-state index contributed by atoms with van der Waals surface area (Å²) in [5.41, 5.74) is 0. The SMILES string of the molecule is CCCC[PH](CCCC)(CCCC)CCCN(C)C.O=C(O)C(=O)O. The number of aliphatic carboxylic acids is 2. The molecule has 0 aromatic rings. The molecule has 0 unspecified atom stereocenters. The minimum atomic E-state index is -1.82. The number of carboxylic acid groups (broad SMARTS) is 2. The molecule has 0 fully saturated rings. The molecule has 6 heteroatoms. The molecule has 0 bridgehead atoms. The number of nitrogens with zero attached hydrogens (tertiary/aromatic N) is 1. The van der Waals surface area contributed by atoms with Crippen molar-refractivity contribution in [3.63, 3.8) is 0 Å². The number of unbranched alkanes of at least 4 members (excludes halogenated alkanes) is 3. The summed E-state index contributed by atoms with van der Waals surface area (Å²) in [6, 6.07) is 0.